The summed E-state index contributed by atoms with van der Waals surface area (Å²) in [5.41, 5.74) is 14.4. The Hall–Kier alpha value is -4.11. The number of aliphatic hydroxyl groups is 3. The summed E-state index contributed by atoms with van der Waals surface area (Å²) in [5, 5.41) is 38.5. The molecule has 7 N–H and O–H groups in total. The lowest BCUT2D eigenvalue weighted by atomic mass is 9.73. The quantitative estimate of drug-likeness (QED) is 0.0674. The first kappa shape index (κ1) is 40.0. The second-order valence-electron chi connectivity index (χ2n) is 17.7. The summed E-state index contributed by atoms with van der Waals surface area (Å²) < 4.78 is 15.9. The number of aryl methyl sites for hydroxylation is 1. The van der Waals surface area contributed by atoms with Crippen LogP contribution in [0.5, 0.6) is 11.5 Å². The van der Waals surface area contributed by atoms with Crippen LogP contribution in [0.15, 0.2) is 55.0 Å². The van der Waals surface area contributed by atoms with E-state index in [1.807, 2.05) is 37.3 Å². The number of aromatic nitrogens is 2. The Kier molecular flexibility index (Phi) is 10.9. The highest BCUT2D eigenvalue weighted by molar-refractivity contribution is 8.76. The molecule has 11 rings (SSSR count). The highest BCUT2D eigenvalue weighted by atomic mass is 33.1. The van der Waals surface area contributed by atoms with Crippen LogP contribution in [0.4, 0.5) is 0 Å². The molecule has 9 atom stereocenters. The molecule has 7 aliphatic rings. The zero-order chi connectivity index (χ0) is 41.1. The van der Waals surface area contributed by atoms with Crippen molar-refractivity contribution in [1.29, 1.82) is 0 Å². The van der Waals surface area contributed by atoms with Crippen molar-refractivity contribution in [3.8, 4) is 35.4 Å². The summed E-state index contributed by atoms with van der Waals surface area (Å²) in [4.78, 5) is 17.1. The standard InChI is InChI=1S/C48H52N4O6S2/c1-27-4-8-33(41(55)18-27)42(56)20-31(53)7-5-28-6-13-43-45-37(28)26-60-59-25-30-22-51-46(49)34-10-9-32-35(44(30)34)19-29-21-50-39-24-52(23-36(29)39)47(58-45)38(11-12-40(32)54)48(16-17-57-43)14-2-3-15-48/h4,6,8-10,13,21,23-24,27,30,33,38,40-42,46-47,50-51,54-56H,2-3,5,7,14-15,18-20,22,25-26,49H2,1H3. The number of hydrogen-bond acceptors (Lipinski definition) is 10. The minimum Gasteiger partial charge on any atom is -0.465 e. The van der Waals surface area contributed by atoms with Crippen molar-refractivity contribution in [3.05, 3.63) is 94.0 Å². The number of nitrogens with two attached hydrogens (primary N) is 1. The van der Waals surface area contributed by atoms with Gasteiger partial charge in [-0.2, -0.15) is 0 Å². The molecule has 1 spiro atoms. The van der Waals surface area contributed by atoms with E-state index in [4.69, 9.17) is 15.2 Å². The Balaban J connectivity index is 1.10. The summed E-state index contributed by atoms with van der Waals surface area (Å²) in [6.45, 7) is 2.74. The minimum atomic E-state index is -1.04. The van der Waals surface area contributed by atoms with Gasteiger partial charge in [-0.3, -0.25) is 10.1 Å². The number of Topliss-reactive ketones (excluding diaryl/α,β-unsaturated/α-hetero) is 1. The number of benzene rings is 2. The third kappa shape index (κ3) is 7.28. The number of aromatic amines is 1. The molecule has 2 aromatic carbocycles. The van der Waals surface area contributed by atoms with E-state index in [0.29, 0.717) is 43.1 Å². The molecule has 0 amide bonds. The zero-order valence-electron chi connectivity index (χ0n) is 33.8. The number of hydrogen-bond donors (Lipinski definition) is 6. The first-order chi connectivity index (χ1) is 29.2. The van der Waals surface area contributed by atoms with E-state index in [2.05, 4.69) is 63.4 Å². The Morgan fingerprint density at radius 2 is 1.93 bits per heavy atom. The van der Waals surface area contributed by atoms with E-state index in [1.54, 1.807) is 21.6 Å². The van der Waals surface area contributed by atoms with Crippen molar-refractivity contribution in [2.24, 2.45) is 28.9 Å². The van der Waals surface area contributed by atoms with Gasteiger partial charge in [-0.15, -0.1) is 0 Å². The van der Waals surface area contributed by atoms with E-state index in [1.165, 1.54) is 5.56 Å². The SMILES string of the molecule is CC1C=CC(C(O)CC(=O)CCc2ccc3c4c2CSSCC2CNC(N)c5ccc6c(c52)Cc2c[nH]c5cn(cc25)C(O4)C(C#CC6O)C2(C#CO3)CCCC2)C(O)C1. The molecule has 2 aromatic heterocycles. The lowest BCUT2D eigenvalue weighted by Gasteiger charge is -2.36. The summed E-state index contributed by atoms with van der Waals surface area (Å²) >= 11 is 0. The van der Waals surface area contributed by atoms with Crippen LogP contribution in [0, 0.1) is 47.0 Å². The number of allylic oxidation sites excluding steroid dienone is 1. The maximum Gasteiger partial charge on any atom is 0.191 e. The molecule has 1 saturated carbocycles. The molecule has 2 aliphatic carbocycles. The Labute approximate surface area is 358 Å². The number of fused-ring (bicyclic) bond motifs is 4. The fraction of sp³-hybridized carbons (Fsp3) is 0.479. The van der Waals surface area contributed by atoms with Gasteiger partial charge in [0, 0.05) is 78.7 Å². The van der Waals surface area contributed by atoms with Crippen LogP contribution in [0.2, 0.25) is 0 Å². The van der Waals surface area contributed by atoms with Crippen LogP contribution in [-0.4, -0.2) is 55.2 Å². The van der Waals surface area contributed by atoms with Crippen molar-refractivity contribution in [2.75, 3.05) is 12.3 Å². The molecule has 60 heavy (non-hydrogen) atoms. The number of ether oxygens (including phenoxy) is 2. The fourth-order valence-corrected chi connectivity index (χ4v) is 13.1. The van der Waals surface area contributed by atoms with Gasteiger partial charge in [-0.05, 0) is 71.0 Å². The predicted octanol–water partition coefficient (Wildman–Crippen LogP) is 7.08. The van der Waals surface area contributed by atoms with Crippen LogP contribution in [0.3, 0.4) is 0 Å². The molecule has 1 fully saturated rings. The first-order valence-corrected chi connectivity index (χ1v) is 24.0. The number of rotatable bonds is 6. The number of carbonyl (C=O) groups excluding carboxylic acids is 1. The molecule has 0 saturated heterocycles. The van der Waals surface area contributed by atoms with Gasteiger partial charge in [-0.25, -0.2) is 0 Å². The topological polar surface area (TPSA) is 155 Å². The summed E-state index contributed by atoms with van der Waals surface area (Å²) in [5.74, 6) is 12.5. The third-order valence-corrected chi connectivity index (χ3v) is 16.3. The van der Waals surface area contributed by atoms with Crippen LogP contribution >= 0.6 is 21.6 Å². The number of aliphatic hydroxyl groups excluding tert-OH is 3. The monoisotopic (exact) mass is 844 g/mol. The maximum atomic E-state index is 13.6. The molecule has 5 aliphatic heterocycles. The van der Waals surface area contributed by atoms with Crippen LogP contribution < -0.4 is 20.5 Å². The van der Waals surface area contributed by atoms with Crippen molar-refractivity contribution in [2.45, 2.75) is 107 Å². The van der Waals surface area contributed by atoms with Gasteiger partial charge in [0.05, 0.1) is 35.2 Å². The molecule has 312 valence electrons. The van der Waals surface area contributed by atoms with Gasteiger partial charge < -0.3 is 40.1 Å². The van der Waals surface area contributed by atoms with Gasteiger partial charge in [-0.1, -0.05) is 89.5 Å². The highest BCUT2D eigenvalue weighted by Crippen LogP contribution is 2.52. The summed E-state index contributed by atoms with van der Waals surface area (Å²) in [6, 6.07) is 8.02. The molecule has 9 unspecified atom stereocenters. The molecule has 10 nitrogen and oxygen atoms in total. The van der Waals surface area contributed by atoms with Crippen molar-refractivity contribution < 1.29 is 29.6 Å². The van der Waals surface area contributed by atoms with Crippen molar-refractivity contribution in [3.63, 3.8) is 0 Å². The molecule has 0 radical (unpaired) electrons. The second kappa shape index (κ2) is 16.3. The molecular weight excluding hydrogens is 793 g/mol. The molecule has 4 aromatic rings. The summed E-state index contributed by atoms with van der Waals surface area (Å²) in [6.07, 6.45) is 15.2. The normalized spacial score (nSPS) is 29.1. The van der Waals surface area contributed by atoms with Crippen LogP contribution in [-0.2, 0) is 23.4 Å². The van der Waals surface area contributed by atoms with Crippen LogP contribution in [0.25, 0.3) is 10.9 Å². The number of ketones is 1. The van der Waals surface area contributed by atoms with Crippen molar-refractivity contribution >= 4 is 38.3 Å². The average Bonchev–Trinajstić information content (AvgIpc) is 3.98. The van der Waals surface area contributed by atoms with E-state index >= 15 is 0 Å². The van der Waals surface area contributed by atoms with E-state index in [-0.39, 0.29) is 36.6 Å². The first-order valence-electron chi connectivity index (χ1n) is 21.5. The van der Waals surface area contributed by atoms with E-state index in [9.17, 15) is 20.1 Å². The van der Waals surface area contributed by atoms with Gasteiger partial charge in [0.15, 0.2) is 17.7 Å². The molecule has 7 heterocycles. The average molecular weight is 845 g/mol. The Bertz CT molecular complexity index is 2480. The minimum absolute atomic E-state index is 0.0239. The Morgan fingerprint density at radius 3 is 2.78 bits per heavy atom. The number of nitrogens with zero attached hydrogens (tertiary/aromatic N) is 1. The maximum absolute atomic E-state index is 13.6. The Morgan fingerprint density at radius 1 is 1.08 bits per heavy atom. The molecule has 12 heteroatoms. The lowest BCUT2D eigenvalue weighted by Crippen LogP contribution is -2.39. The second-order valence-corrected chi connectivity index (χ2v) is 20.2. The van der Waals surface area contributed by atoms with Gasteiger partial charge >= 0.3 is 0 Å². The van der Waals surface area contributed by atoms with E-state index < -0.39 is 41.8 Å². The van der Waals surface area contributed by atoms with Gasteiger partial charge in [0.1, 0.15) is 18.0 Å². The van der Waals surface area contributed by atoms with Gasteiger partial charge in [0.2, 0.25) is 0 Å². The lowest BCUT2D eigenvalue weighted by molar-refractivity contribution is -0.122. The predicted molar refractivity (Wildman–Crippen MR) is 235 cm³/mol. The van der Waals surface area contributed by atoms with Gasteiger partial charge in [0.25, 0.3) is 0 Å². The summed E-state index contributed by atoms with van der Waals surface area (Å²) in [7, 11) is 3.54. The number of carbonyl (C=O) groups is 1. The third-order valence-electron chi connectivity index (χ3n) is 13.9. The smallest absolute Gasteiger partial charge is 0.191 e. The largest absolute Gasteiger partial charge is 0.465 e. The zero-order valence-corrected chi connectivity index (χ0v) is 35.4. The highest BCUT2D eigenvalue weighted by Gasteiger charge is 2.47. The van der Waals surface area contributed by atoms with E-state index in [0.717, 1.165) is 75.7 Å². The number of H-pyrrole nitrogens is 1. The fourth-order valence-electron chi connectivity index (χ4n) is 10.6. The van der Waals surface area contributed by atoms with Crippen molar-refractivity contribution in [1.82, 2.24) is 14.9 Å². The molecule has 8 bridgehead atoms. The number of nitrogens with one attached hydrogen (secondary N) is 2. The molecular formula is C48H52N4O6S2. The van der Waals surface area contributed by atoms with Crippen LogP contribution in [0.1, 0.15) is 115 Å².